The molecule has 2 bridgehead atoms. The van der Waals surface area contributed by atoms with E-state index in [0.29, 0.717) is 54.7 Å². The maximum Gasteiger partial charge on any atom is 0.255 e. The number of aromatic nitrogens is 1. The Morgan fingerprint density at radius 2 is 1.74 bits per heavy atom. The average molecular weight is 517 g/mol. The third kappa shape index (κ3) is 5.28. The molecule has 9 heteroatoms. The third-order valence-electron chi connectivity index (χ3n) is 7.27. The molecule has 2 aliphatic heterocycles. The van der Waals surface area contributed by atoms with Crippen molar-refractivity contribution in [2.24, 2.45) is 5.92 Å². The summed E-state index contributed by atoms with van der Waals surface area (Å²) in [6.45, 7) is 2.94. The maximum absolute atomic E-state index is 13.2. The molecule has 2 atom stereocenters. The van der Waals surface area contributed by atoms with Gasteiger partial charge < -0.3 is 29.6 Å². The Hall–Kier alpha value is -4.11. The van der Waals surface area contributed by atoms with Crippen molar-refractivity contribution in [2.45, 2.75) is 18.9 Å². The van der Waals surface area contributed by atoms with Crippen LogP contribution in [0.25, 0.3) is 0 Å². The maximum atomic E-state index is 13.2. The minimum absolute atomic E-state index is 0.0435. The van der Waals surface area contributed by atoms with E-state index in [1.165, 1.54) is 0 Å². The molecule has 3 heterocycles. The van der Waals surface area contributed by atoms with Crippen molar-refractivity contribution in [1.29, 1.82) is 0 Å². The fourth-order valence-electron chi connectivity index (χ4n) is 5.45. The van der Waals surface area contributed by atoms with Gasteiger partial charge in [-0.1, -0.05) is 6.07 Å². The van der Waals surface area contributed by atoms with E-state index >= 15 is 0 Å². The van der Waals surface area contributed by atoms with Crippen molar-refractivity contribution < 1.29 is 19.1 Å². The molecule has 38 heavy (non-hydrogen) atoms. The van der Waals surface area contributed by atoms with Crippen molar-refractivity contribution >= 4 is 23.2 Å². The van der Waals surface area contributed by atoms with Gasteiger partial charge in [0.15, 0.2) is 0 Å². The lowest BCUT2D eigenvalue weighted by atomic mass is 9.83. The molecule has 9 nitrogen and oxygen atoms in total. The smallest absolute Gasteiger partial charge is 0.255 e. The standard InChI is InChI=1S/C29H32N4O5/c1-37-13-12-30-28(35)21-8-11-26(24(15-21)31-29(36)20-6-9-23(38-2)10-7-20)32-16-19-14-22(18-32)25-4-3-5-27(34)33(25)17-19/h3-11,15,19,22H,12-14,16-18H2,1-2H3,(H,30,35)(H,31,36). The molecular formula is C29H32N4O5. The Morgan fingerprint density at radius 3 is 2.50 bits per heavy atom. The molecule has 0 aliphatic carbocycles. The molecule has 0 radical (unpaired) electrons. The Labute approximate surface area is 221 Å². The minimum atomic E-state index is -0.278. The zero-order valence-electron chi connectivity index (χ0n) is 21.6. The Kier molecular flexibility index (Phi) is 7.46. The number of methoxy groups -OCH3 is 2. The molecule has 3 aromatic rings. The molecule has 2 aliphatic rings. The number of rotatable bonds is 8. The van der Waals surface area contributed by atoms with E-state index < -0.39 is 0 Å². The first kappa shape index (κ1) is 25.5. The number of hydrogen-bond donors (Lipinski definition) is 2. The molecule has 198 valence electrons. The summed E-state index contributed by atoms with van der Waals surface area (Å²) in [5.41, 5.74) is 3.44. The number of pyridine rings is 1. The fraction of sp³-hybridized carbons (Fsp3) is 0.345. The number of amides is 2. The fourth-order valence-corrected chi connectivity index (χ4v) is 5.45. The lowest BCUT2D eigenvalue weighted by molar-refractivity contribution is 0.0936. The van der Waals surface area contributed by atoms with Gasteiger partial charge in [0.25, 0.3) is 17.4 Å². The molecule has 0 saturated carbocycles. The number of benzene rings is 2. The molecule has 5 rings (SSSR count). The predicted molar refractivity (Wildman–Crippen MR) is 145 cm³/mol. The van der Waals surface area contributed by atoms with Gasteiger partial charge in [-0.15, -0.1) is 0 Å². The number of nitrogens with one attached hydrogen (secondary N) is 2. The van der Waals surface area contributed by atoms with Crippen LogP contribution in [0.15, 0.2) is 65.5 Å². The molecule has 1 saturated heterocycles. The van der Waals surface area contributed by atoms with Crippen LogP contribution in [0.3, 0.4) is 0 Å². The van der Waals surface area contributed by atoms with Crippen LogP contribution in [-0.2, 0) is 11.3 Å². The van der Waals surface area contributed by atoms with E-state index in [-0.39, 0.29) is 23.3 Å². The molecule has 1 fully saturated rings. The van der Waals surface area contributed by atoms with Crippen LogP contribution in [0, 0.1) is 5.92 Å². The van der Waals surface area contributed by atoms with E-state index in [4.69, 9.17) is 9.47 Å². The lowest BCUT2D eigenvalue weighted by Gasteiger charge is -2.44. The highest BCUT2D eigenvalue weighted by Gasteiger charge is 2.35. The SMILES string of the molecule is COCCNC(=O)c1ccc(N2CC3CC(C2)c2cccc(=O)n2C3)c(NC(=O)c2ccc(OC)cc2)c1. The lowest BCUT2D eigenvalue weighted by Crippen LogP contribution is -2.47. The predicted octanol–water partition coefficient (Wildman–Crippen LogP) is 3.11. The van der Waals surface area contributed by atoms with E-state index in [1.807, 2.05) is 22.8 Å². The van der Waals surface area contributed by atoms with Crippen LogP contribution >= 0.6 is 0 Å². The van der Waals surface area contributed by atoms with Gasteiger partial charge in [0.1, 0.15) is 5.75 Å². The summed E-state index contributed by atoms with van der Waals surface area (Å²) < 4.78 is 12.1. The Bertz CT molecular complexity index is 1380. The number of piperidine rings is 1. The number of carbonyl (C=O) groups is 2. The van der Waals surface area contributed by atoms with Crippen LogP contribution in [0.5, 0.6) is 5.75 Å². The first-order chi connectivity index (χ1) is 18.5. The summed E-state index contributed by atoms with van der Waals surface area (Å²) in [4.78, 5) is 40.7. The normalized spacial score (nSPS) is 17.9. The van der Waals surface area contributed by atoms with E-state index in [0.717, 1.165) is 24.3 Å². The summed E-state index contributed by atoms with van der Waals surface area (Å²) in [5.74, 6) is 0.663. The summed E-state index contributed by atoms with van der Waals surface area (Å²) in [6.07, 6.45) is 1.02. The van der Waals surface area contributed by atoms with Gasteiger partial charge in [0.2, 0.25) is 0 Å². The van der Waals surface area contributed by atoms with Crippen LogP contribution in [-0.4, -0.2) is 56.8 Å². The number of carbonyl (C=O) groups excluding carboxylic acids is 2. The third-order valence-corrected chi connectivity index (χ3v) is 7.27. The van der Waals surface area contributed by atoms with Gasteiger partial charge in [-0.2, -0.15) is 0 Å². The van der Waals surface area contributed by atoms with Gasteiger partial charge in [0.05, 0.1) is 25.1 Å². The second-order valence-corrected chi connectivity index (χ2v) is 9.77. The van der Waals surface area contributed by atoms with Crippen LogP contribution < -0.4 is 25.8 Å². The average Bonchev–Trinajstić information content (AvgIpc) is 2.93. The van der Waals surface area contributed by atoms with Crippen LogP contribution in [0.4, 0.5) is 11.4 Å². The van der Waals surface area contributed by atoms with Gasteiger partial charge in [-0.3, -0.25) is 14.4 Å². The molecule has 0 spiro atoms. The summed E-state index contributed by atoms with van der Waals surface area (Å²) in [5, 5.41) is 5.87. The summed E-state index contributed by atoms with van der Waals surface area (Å²) in [7, 11) is 3.16. The van der Waals surface area contributed by atoms with Crippen molar-refractivity contribution in [3.63, 3.8) is 0 Å². The number of fused-ring (bicyclic) bond motifs is 4. The van der Waals surface area contributed by atoms with Gasteiger partial charge in [-0.25, -0.2) is 0 Å². The molecule has 2 aromatic carbocycles. The molecule has 2 unspecified atom stereocenters. The van der Waals surface area contributed by atoms with Crippen molar-refractivity contribution in [2.75, 3.05) is 50.7 Å². The Morgan fingerprint density at radius 1 is 0.947 bits per heavy atom. The molecule has 1 aromatic heterocycles. The van der Waals surface area contributed by atoms with Crippen molar-refractivity contribution in [1.82, 2.24) is 9.88 Å². The first-order valence-electron chi connectivity index (χ1n) is 12.8. The van der Waals surface area contributed by atoms with Crippen molar-refractivity contribution in [3.8, 4) is 5.75 Å². The minimum Gasteiger partial charge on any atom is -0.497 e. The summed E-state index contributed by atoms with van der Waals surface area (Å²) in [6, 6.07) is 17.8. The molecule has 2 amide bonds. The van der Waals surface area contributed by atoms with Gasteiger partial charge in [-0.05, 0) is 60.9 Å². The largest absolute Gasteiger partial charge is 0.497 e. The van der Waals surface area contributed by atoms with E-state index in [1.54, 1.807) is 56.7 Å². The highest BCUT2D eigenvalue weighted by Crippen LogP contribution is 2.39. The van der Waals surface area contributed by atoms with Crippen LogP contribution in [0.2, 0.25) is 0 Å². The number of nitrogens with zero attached hydrogens (tertiary/aromatic N) is 2. The highest BCUT2D eigenvalue weighted by molar-refractivity contribution is 6.07. The summed E-state index contributed by atoms with van der Waals surface area (Å²) >= 11 is 0. The van der Waals surface area contributed by atoms with Gasteiger partial charge in [0, 0.05) is 62.1 Å². The topological polar surface area (TPSA) is 102 Å². The Balaban J connectivity index is 1.45. The highest BCUT2D eigenvalue weighted by atomic mass is 16.5. The molecule has 2 N–H and O–H groups in total. The quantitative estimate of drug-likeness (QED) is 0.446. The van der Waals surface area contributed by atoms with Gasteiger partial charge >= 0.3 is 0 Å². The second-order valence-electron chi connectivity index (χ2n) is 9.77. The monoisotopic (exact) mass is 516 g/mol. The first-order valence-corrected chi connectivity index (χ1v) is 12.8. The number of hydrogen-bond acceptors (Lipinski definition) is 6. The van der Waals surface area contributed by atoms with Crippen LogP contribution in [0.1, 0.15) is 38.7 Å². The zero-order chi connectivity index (χ0) is 26.6. The number of ether oxygens (including phenoxy) is 2. The van der Waals surface area contributed by atoms with Crippen molar-refractivity contribution in [3.05, 3.63) is 87.8 Å². The zero-order valence-corrected chi connectivity index (χ0v) is 21.6. The number of anilines is 2. The second kappa shape index (κ2) is 11.1. The molecular weight excluding hydrogens is 484 g/mol. The van der Waals surface area contributed by atoms with E-state index in [9.17, 15) is 14.4 Å². The van der Waals surface area contributed by atoms with E-state index in [2.05, 4.69) is 15.5 Å².